The van der Waals surface area contributed by atoms with Crippen LogP contribution in [0.4, 0.5) is 5.69 Å². The summed E-state index contributed by atoms with van der Waals surface area (Å²) >= 11 is 5.92. The van der Waals surface area contributed by atoms with Crippen molar-refractivity contribution in [3.8, 4) is 0 Å². The summed E-state index contributed by atoms with van der Waals surface area (Å²) in [5.74, 6) is -0.186. The number of hydrogen-bond donors (Lipinski definition) is 1. The van der Waals surface area contributed by atoms with Gasteiger partial charge in [0.15, 0.2) is 5.78 Å². The van der Waals surface area contributed by atoms with Crippen molar-refractivity contribution in [3.05, 3.63) is 64.7 Å². The molecule has 3 nitrogen and oxygen atoms in total. The molecule has 0 saturated carbocycles. The van der Waals surface area contributed by atoms with E-state index in [-0.39, 0.29) is 23.5 Å². The van der Waals surface area contributed by atoms with E-state index in [4.69, 9.17) is 11.6 Å². The van der Waals surface area contributed by atoms with Crippen LogP contribution < -0.4 is 5.32 Å². The van der Waals surface area contributed by atoms with Gasteiger partial charge in [-0.2, -0.15) is 0 Å². The zero-order chi connectivity index (χ0) is 17.0. The third-order valence-corrected chi connectivity index (χ3v) is 3.99. The topological polar surface area (TPSA) is 46.2 Å². The second kappa shape index (κ2) is 7.42. The smallest absolute Gasteiger partial charge is 0.232 e. The summed E-state index contributed by atoms with van der Waals surface area (Å²) in [5, 5.41) is 3.57. The first-order chi connectivity index (χ1) is 10.9. The summed E-state index contributed by atoms with van der Waals surface area (Å²) in [6.07, 6.45) is 0. The highest BCUT2D eigenvalue weighted by atomic mass is 35.5. The molecule has 0 aliphatic carbocycles. The van der Waals surface area contributed by atoms with Crippen molar-refractivity contribution in [2.75, 3.05) is 5.32 Å². The predicted molar refractivity (Wildman–Crippen MR) is 94.1 cm³/mol. The summed E-state index contributed by atoms with van der Waals surface area (Å²) in [4.78, 5) is 23.9. The molecule has 0 bridgehead atoms. The van der Waals surface area contributed by atoms with E-state index in [9.17, 15) is 9.59 Å². The highest BCUT2D eigenvalue weighted by Gasteiger charge is 2.24. The van der Waals surface area contributed by atoms with Crippen LogP contribution in [0.25, 0.3) is 0 Å². The average molecular weight is 330 g/mol. The Bertz CT molecular complexity index is 690. The van der Waals surface area contributed by atoms with Crippen LogP contribution >= 0.6 is 11.6 Å². The molecule has 120 valence electrons. The molecule has 4 heteroatoms. The number of amides is 1. The van der Waals surface area contributed by atoms with Gasteiger partial charge in [-0.1, -0.05) is 37.6 Å². The Balaban J connectivity index is 2.18. The molecule has 2 aromatic carbocycles. The van der Waals surface area contributed by atoms with Gasteiger partial charge >= 0.3 is 0 Å². The van der Waals surface area contributed by atoms with Gasteiger partial charge < -0.3 is 5.32 Å². The van der Waals surface area contributed by atoms with Crippen molar-refractivity contribution in [3.63, 3.8) is 0 Å². The molecule has 1 N–H and O–H groups in total. The van der Waals surface area contributed by atoms with Crippen LogP contribution in [0, 0.1) is 5.92 Å². The number of carbonyl (C=O) groups excluding carboxylic acids is 2. The van der Waals surface area contributed by atoms with Gasteiger partial charge in [0, 0.05) is 16.3 Å². The maximum absolute atomic E-state index is 12.6. The fourth-order valence-corrected chi connectivity index (χ4v) is 2.64. The first-order valence-corrected chi connectivity index (χ1v) is 7.93. The third-order valence-electron chi connectivity index (χ3n) is 3.74. The standard InChI is InChI=1S/C19H20ClNO2/c1-12(2)18(15-4-8-16(20)9-5-15)19(23)21-17-10-6-14(7-11-17)13(3)22/h4-12,18H,1-3H3,(H,21,23)/t18-/m0/s1. The van der Waals surface area contributed by atoms with E-state index < -0.39 is 0 Å². The Kier molecular flexibility index (Phi) is 5.56. The lowest BCUT2D eigenvalue weighted by molar-refractivity contribution is -0.118. The fraction of sp³-hybridized carbons (Fsp3) is 0.263. The normalized spacial score (nSPS) is 12.0. The van der Waals surface area contributed by atoms with Gasteiger partial charge in [0.25, 0.3) is 0 Å². The third kappa shape index (κ3) is 4.42. The lowest BCUT2D eigenvalue weighted by Gasteiger charge is -2.21. The minimum atomic E-state index is -0.264. The number of anilines is 1. The quantitative estimate of drug-likeness (QED) is 0.791. The molecule has 0 aromatic heterocycles. The van der Waals surface area contributed by atoms with Gasteiger partial charge in [-0.25, -0.2) is 0 Å². The zero-order valence-electron chi connectivity index (χ0n) is 13.5. The van der Waals surface area contributed by atoms with Crippen molar-refractivity contribution in [1.29, 1.82) is 0 Å². The summed E-state index contributed by atoms with van der Waals surface area (Å²) < 4.78 is 0. The van der Waals surface area contributed by atoms with Gasteiger partial charge in [-0.05, 0) is 54.8 Å². The van der Waals surface area contributed by atoms with Crippen LogP contribution in [0.5, 0.6) is 0 Å². The van der Waals surface area contributed by atoms with E-state index in [1.807, 2.05) is 26.0 Å². The molecule has 0 aliphatic rings. The van der Waals surface area contributed by atoms with Crippen molar-refractivity contribution in [2.45, 2.75) is 26.7 Å². The summed E-state index contributed by atoms with van der Waals surface area (Å²) in [5.41, 5.74) is 2.24. The summed E-state index contributed by atoms with van der Waals surface area (Å²) in [7, 11) is 0. The fourth-order valence-electron chi connectivity index (χ4n) is 2.52. The monoisotopic (exact) mass is 329 g/mol. The van der Waals surface area contributed by atoms with Gasteiger partial charge in [-0.15, -0.1) is 0 Å². The van der Waals surface area contributed by atoms with Crippen LogP contribution in [-0.4, -0.2) is 11.7 Å². The molecular weight excluding hydrogens is 310 g/mol. The minimum absolute atomic E-state index is 0.00379. The van der Waals surface area contributed by atoms with E-state index >= 15 is 0 Å². The number of nitrogens with one attached hydrogen (secondary N) is 1. The molecule has 23 heavy (non-hydrogen) atoms. The first kappa shape index (κ1) is 17.2. The van der Waals surface area contributed by atoms with Crippen molar-refractivity contribution in [1.82, 2.24) is 0 Å². The lowest BCUT2D eigenvalue weighted by Crippen LogP contribution is -2.25. The maximum atomic E-state index is 12.6. The maximum Gasteiger partial charge on any atom is 0.232 e. The second-order valence-corrected chi connectivity index (χ2v) is 6.33. The molecular formula is C19H20ClNO2. The first-order valence-electron chi connectivity index (χ1n) is 7.56. The van der Waals surface area contributed by atoms with Gasteiger partial charge in [-0.3, -0.25) is 9.59 Å². The largest absolute Gasteiger partial charge is 0.326 e. The molecule has 0 heterocycles. The molecule has 1 amide bonds. The number of halogens is 1. The summed E-state index contributed by atoms with van der Waals surface area (Å²) in [6, 6.07) is 14.3. The highest BCUT2D eigenvalue weighted by molar-refractivity contribution is 6.30. The number of rotatable bonds is 5. The van der Waals surface area contributed by atoms with E-state index in [0.29, 0.717) is 16.3 Å². The Morgan fingerprint density at radius 1 is 0.957 bits per heavy atom. The molecule has 0 radical (unpaired) electrons. The van der Waals surface area contributed by atoms with Crippen LogP contribution in [0.15, 0.2) is 48.5 Å². The number of ketones is 1. The van der Waals surface area contributed by atoms with Gasteiger partial charge in [0.1, 0.15) is 0 Å². The molecule has 0 unspecified atom stereocenters. The molecule has 2 aromatic rings. The van der Waals surface area contributed by atoms with Crippen LogP contribution in [0.3, 0.4) is 0 Å². The molecule has 0 aliphatic heterocycles. The second-order valence-electron chi connectivity index (χ2n) is 5.90. The van der Waals surface area contributed by atoms with Crippen LogP contribution in [0.2, 0.25) is 5.02 Å². The van der Waals surface area contributed by atoms with Crippen molar-refractivity contribution in [2.24, 2.45) is 5.92 Å². The number of hydrogen-bond acceptors (Lipinski definition) is 2. The van der Waals surface area contributed by atoms with E-state index in [2.05, 4.69) is 5.32 Å². The van der Waals surface area contributed by atoms with Gasteiger partial charge in [0.2, 0.25) is 5.91 Å². The van der Waals surface area contributed by atoms with Crippen LogP contribution in [0.1, 0.15) is 42.6 Å². The van der Waals surface area contributed by atoms with Crippen molar-refractivity contribution < 1.29 is 9.59 Å². The molecule has 1 atom stereocenters. The minimum Gasteiger partial charge on any atom is -0.326 e. The number of Topliss-reactive ketones (excluding diaryl/α,β-unsaturated/α-hetero) is 1. The average Bonchev–Trinajstić information content (AvgIpc) is 2.49. The van der Waals surface area contributed by atoms with Gasteiger partial charge in [0.05, 0.1) is 5.92 Å². The predicted octanol–water partition coefficient (Wildman–Crippen LogP) is 4.92. The summed E-state index contributed by atoms with van der Waals surface area (Å²) in [6.45, 7) is 5.54. The molecule has 0 spiro atoms. The van der Waals surface area contributed by atoms with Crippen LogP contribution in [-0.2, 0) is 4.79 Å². The lowest BCUT2D eigenvalue weighted by atomic mass is 9.87. The van der Waals surface area contributed by atoms with Crippen molar-refractivity contribution >= 4 is 29.0 Å². The van der Waals surface area contributed by atoms with E-state index in [1.54, 1.807) is 36.4 Å². The number of benzene rings is 2. The Hall–Kier alpha value is -2.13. The zero-order valence-corrected chi connectivity index (χ0v) is 14.2. The highest BCUT2D eigenvalue weighted by Crippen LogP contribution is 2.27. The number of carbonyl (C=O) groups is 2. The molecule has 2 rings (SSSR count). The SMILES string of the molecule is CC(=O)c1ccc(NC(=O)[C@H](c2ccc(Cl)cc2)C(C)C)cc1. The molecule has 0 saturated heterocycles. The Morgan fingerprint density at radius 3 is 2.00 bits per heavy atom. The Morgan fingerprint density at radius 2 is 1.52 bits per heavy atom. The van der Waals surface area contributed by atoms with E-state index in [0.717, 1.165) is 5.56 Å². The Labute approximate surface area is 141 Å². The molecule has 0 fully saturated rings. The van der Waals surface area contributed by atoms with E-state index in [1.165, 1.54) is 6.92 Å².